The first-order chi connectivity index (χ1) is 14.8. The lowest BCUT2D eigenvalue weighted by molar-refractivity contribution is -0.0494. The van der Waals surface area contributed by atoms with Crippen molar-refractivity contribution in [2.24, 2.45) is 0 Å². The number of rotatable bonds is 5. The number of alkyl halides is 2. The van der Waals surface area contributed by atoms with Gasteiger partial charge in [-0.2, -0.15) is 13.8 Å². The Balaban J connectivity index is 1.55. The predicted octanol–water partition coefficient (Wildman–Crippen LogP) is 1.66. The lowest BCUT2D eigenvalue weighted by atomic mass is 10.1. The molecule has 3 unspecified atom stereocenters. The van der Waals surface area contributed by atoms with Crippen LogP contribution in [-0.4, -0.2) is 70.7 Å². The summed E-state index contributed by atoms with van der Waals surface area (Å²) >= 11 is 0. The van der Waals surface area contributed by atoms with Gasteiger partial charge in [-0.1, -0.05) is 0 Å². The number of nitrogens with two attached hydrogens (primary N) is 1. The zero-order valence-electron chi connectivity index (χ0n) is 17.0. The van der Waals surface area contributed by atoms with E-state index in [1.165, 1.54) is 12.3 Å². The molecule has 166 valence electrons. The van der Waals surface area contributed by atoms with E-state index >= 15 is 0 Å². The smallest absolute Gasteiger partial charge is 0.387 e. The van der Waals surface area contributed by atoms with Crippen LogP contribution in [0, 0.1) is 0 Å². The molecule has 0 spiro atoms. The van der Waals surface area contributed by atoms with Gasteiger partial charge < -0.3 is 30.1 Å². The molecule has 3 atom stereocenters. The highest BCUT2D eigenvalue weighted by molar-refractivity contribution is 5.68. The van der Waals surface area contributed by atoms with Crippen LogP contribution in [0.4, 0.5) is 26.4 Å². The summed E-state index contributed by atoms with van der Waals surface area (Å²) in [5.74, 6) is 0.882. The zero-order chi connectivity index (χ0) is 21.8. The summed E-state index contributed by atoms with van der Waals surface area (Å²) in [6.07, 6.45) is 3.21. The number of halogens is 2. The maximum Gasteiger partial charge on any atom is 0.387 e. The molecule has 3 saturated heterocycles. The van der Waals surface area contributed by atoms with Gasteiger partial charge in [0.15, 0.2) is 11.6 Å². The molecule has 3 fully saturated rings. The second kappa shape index (κ2) is 7.41. The number of pyridine rings is 1. The summed E-state index contributed by atoms with van der Waals surface area (Å²) in [7, 11) is 0. The lowest BCUT2D eigenvalue weighted by Crippen LogP contribution is -2.38. The number of aliphatic hydroxyl groups is 1. The third-order valence-corrected chi connectivity index (χ3v) is 6.02. The van der Waals surface area contributed by atoms with Gasteiger partial charge in [0.2, 0.25) is 5.95 Å². The molecule has 2 aromatic rings. The molecule has 2 bridgehead atoms. The summed E-state index contributed by atoms with van der Waals surface area (Å²) in [5, 5.41) is 10.4. The third-order valence-electron chi connectivity index (χ3n) is 6.02. The van der Waals surface area contributed by atoms with E-state index in [4.69, 9.17) is 15.5 Å². The van der Waals surface area contributed by atoms with Crippen molar-refractivity contribution >= 4 is 17.6 Å². The van der Waals surface area contributed by atoms with Gasteiger partial charge in [0.25, 0.3) is 0 Å². The topological polar surface area (TPSA) is 110 Å². The van der Waals surface area contributed by atoms with E-state index in [0.717, 1.165) is 18.8 Å². The van der Waals surface area contributed by atoms with E-state index < -0.39 is 12.2 Å². The zero-order valence-corrected chi connectivity index (χ0v) is 17.0. The number of hydrogen-bond donors (Lipinski definition) is 2. The van der Waals surface area contributed by atoms with Crippen LogP contribution in [0.1, 0.15) is 19.8 Å². The fraction of sp³-hybridized carbons (Fsp3) is 0.550. The molecule has 11 heteroatoms. The van der Waals surface area contributed by atoms with Crippen LogP contribution >= 0.6 is 0 Å². The molecule has 0 amide bonds. The molecule has 0 aliphatic carbocycles. The van der Waals surface area contributed by atoms with E-state index in [9.17, 15) is 13.9 Å². The maximum absolute atomic E-state index is 12.8. The Morgan fingerprint density at radius 2 is 2.19 bits per heavy atom. The van der Waals surface area contributed by atoms with Crippen LogP contribution < -0.4 is 20.3 Å². The molecule has 0 saturated carbocycles. The number of β-amino-alcohol motifs (C(OH)–C–C–N with tert-alkyl or cyclic N) is 1. The Morgan fingerprint density at radius 3 is 2.84 bits per heavy atom. The van der Waals surface area contributed by atoms with Crippen LogP contribution in [0.25, 0.3) is 11.3 Å². The van der Waals surface area contributed by atoms with E-state index in [0.29, 0.717) is 43.3 Å². The number of aromatic nitrogens is 3. The summed E-state index contributed by atoms with van der Waals surface area (Å²) in [5.41, 5.74) is 5.87. The molecule has 3 N–H and O–H groups in total. The van der Waals surface area contributed by atoms with Crippen LogP contribution in [0.15, 0.2) is 18.3 Å². The van der Waals surface area contributed by atoms with Crippen LogP contribution in [0.2, 0.25) is 0 Å². The van der Waals surface area contributed by atoms with E-state index in [-0.39, 0.29) is 23.7 Å². The SMILES string of the molecule is CC1(O)CCN(c2nc(-c3cnc(N)c(OC(F)F)c3)cc(N3CC4CC3CO4)n2)C1. The van der Waals surface area contributed by atoms with Crippen molar-refractivity contribution in [3.05, 3.63) is 18.3 Å². The van der Waals surface area contributed by atoms with Crippen molar-refractivity contribution in [1.29, 1.82) is 0 Å². The Bertz CT molecular complexity index is 991. The lowest BCUT2D eigenvalue weighted by Gasteiger charge is -2.29. The summed E-state index contributed by atoms with van der Waals surface area (Å²) in [6, 6.07) is 3.46. The molecular weight excluding hydrogens is 410 g/mol. The fourth-order valence-corrected chi connectivity index (χ4v) is 4.44. The van der Waals surface area contributed by atoms with Gasteiger partial charge in [0, 0.05) is 37.5 Å². The minimum Gasteiger partial charge on any atom is -0.431 e. The Morgan fingerprint density at radius 1 is 1.35 bits per heavy atom. The second-order valence-electron chi connectivity index (χ2n) is 8.56. The van der Waals surface area contributed by atoms with Crippen molar-refractivity contribution in [3.63, 3.8) is 0 Å². The third kappa shape index (κ3) is 3.94. The maximum atomic E-state index is 12.8. The minimum atomic E-state index is -3.01. The van der Waals surface area contributed by atoms with Gasteiger partial charge in [0.1, 0.15) is 5.82 Å². The summed E-state index contributed by atoms with van der Waals surface area (Å²) in [4.78, 5) is 17.5. The first-order valence-corrected chi connectivity index (χ1v) is 10.2. The normalized spacial score (nSPS) is 27.5. The summed E-state index contributed by atoms with van der Waals surface area (Å²) in [6.45, 7) is 1.18. The van der Waals surface area contributed by atoms with Crippen LogP contribution in [0.5, 0.6) is 5.75 Å². The van der Waals surface area contributed by atoms with Crippen molar-refractivity contribution < 1.29 is 23.4 Å². The van der Waals surface area contributed by atoms with Gasteiger partial charge in [-0.05, 0) is 25.8 Å². The van der Waals surface area contributed by atoms with Crippen molar-refractivity contribution in [2.45, 2.75) is 44.1 Å². The molecule has 0 radical (unpaired) electrons. The van der Waals surface area contributed by atoms with Crippen molar-refractivity contribution in [2.75, 3.05) is 41.8 Å². The van der Waals surface area contributed by atoms with E-state index in [1.54, 1.807) is 6.92 Å². The van der Waals surface area contributed by atoms with Crippen LogP contribution in [-0.2, 0) is 4.74 Å². The molecule has 5 rings (SSSR count). The van der Waals surface area contributed by atoms with Gasteiger partial charge in [-0.15, -0.1) is 0 Å². The van der Waals surface area contributed by atoms with Gasteiger partial charge in [0.05, 0.1) is 30.0 Å². The second-order valence-corrected chi connectivity index (χ2v) is 8.56. The predicted molar refractivity (Wildman–Crippen MR) is 109 cm³/mol. The largest absolute Gasteiger partial charge is 0.431 e. The summed E-state index contributed by atoms with van der Waals surface area (Å²) < 4.78 is 35.7. The van der Waals surface area contributed by atoms with Gasteiger partial charge in [-0.25, -0.2) is 9.97 Å². The highest BCUT2D eigenvalue weighted by atomic mass is 19.3. The average molecular weight is 434 g/mol. The minimum absolute atomic E-state index is 0.122. The number of anilines is 3. The molecule has 2 aromatic heterocycles. The highest BCUT2D eigenvalue weighted by Gasteiger charge is 2.40. The molecule has 3 aliphatic heterocycles. The molecule has 31 heavy (non-hydrogen) atoms. The molecular formula is C20H24F2N6O3. The van der Waals surface area contributed by atoms with Crippen LogP contribution in [0.3, 0.4) is 0 Å². The number of nitrogen functional groups attached to an aromatic ring is 1. The highest BCUT2D eigenvalue weighted by Crippen LogP contribution is 2.36. The van der Waals surface area contributed by atoms with Crippen molar-refractivity contribution in [1.82, 2.24) is 15.0 Å². The Kier molecular flexibility index (Phi) is 4.82. The fourth-order valence-electron chi connectivity index (χ4n) is 4.44. The first-order valence-electron chi connectivity index (χ1n) is 10.2. The number of hydrogen-bond acceptors (Lipinski definition) is 9. The first kappa shape index (κ1) is 20.1. The molecule has 3 aliphatic rings. The molecule has 9 nitrogen and oxygen atoms in total. The number of morpholine rings is 1. The van der Waals surface area contributed by atoms with E-state index in [2.05, 4.69) is 19.6 Å². The number of ether oxygens (including phenoxy) is 2. The van der Waals surface area contributed by atoms with E-state index in [1.807, 2.05) is 11.0 Å². The molecule has 0 aromatic carbocycles. The number of fused-ring (bicyclic) bond motifs is 2. The monoisotopic (exact) mass is 434 g/mol. The standard InChI is InChI=1S/C20H24F2N6O3/c1-20(29)2-3-27(10-20)19-25-14(11-4-15(31-18(21)22)17(23)24-7-11)6-16(26-19)28-8-13-5-12(28)9-30-13/h4,6-7,12-13,18,29H,2-3,5,8-10H2,1H3,(H2,23,24). The number of nitrogens with zero attached hydrogens (tertiary/aromatic N) is 5. The molecule has 5 heterocycles. The average Bonchev–Trinajstić information content (AvgIpc) is 3.44. The van der Waals surface area contributed by atoms with Crippen molar-refractivity contribution in [3.8, 4) is 17.0 Å². The van der Waals surface area contributed by atoms with Gasteiger partial charge in [-0.3, -0.25) is 0 Å². The Hall–Kier alpha value is -2.79. The quantitative estimate of drug-likeness (QED) is 0.726. The Labute approximate surface area is 177 Å². The van der Waals surface area contributed by atoms with Gasteiger partial charge >= 0.3 is 6.61 Å².